The molecule has 1 unspecified atom stereocenters. The zero-order valence-electron chi connectivity index (χ0n) is 7.46. The second-order valence-corrected chi connectivity index (χ2v) is 1.79. The molecule has 1 N–H and O–H groups in total. The van der Waals surface area contributed by atoms with Crippen LogP contribution in [-0.4, -0.2) is 31.6 Å². The second-order valence-electron chi connectivity index (χ2n) is 1.79. The van der Waals surface area contributed by atoms with Crippen LogP contribution in [0.15, 0.2) is 0 Å². The van der Waals surface area contributed by atoms with Gasteiger partial charge in [-0.1, -0.05) is 6.92 Å². The Kier molecular flexibility index (Phi) is 11.1. The van der Waals surface area contributed by atoms with Gasteiger partial charge >= 0.3 is 5.97 Å². The maximum absolute atomic E-state index is 9.59. The standard InChI is InChI=1S/C4H10O2.C3H6O2/c1-3-4(5)6-2;1-3(4)5-2/h4-5H,3H2,1-2H3;1-2H3. The van der Waals surface area contributed by atoms with Crippen molar-refractivity contribution < 1.29 is 19.4 Å². The van der Waals surface area contributed by atoms with Gasteiger partial charge < -0.3 is 14.6 Å². The van der Waals surface area contributed by atoms with Gasteiger partial charge in [0.15, 0.2) is 6.29 Å². The number of hydrogen-bond donors (Lipinski definition) is 1. The fourth-order valence-electron chi connectivity index (χ4n) is 0.167. The largest absolute Gasteiger partial charge is 0.469 e. The number of ether oxygens (including phenoxy) is 2. The van der Waals surface area contributed by atoms with Crippen LogP contribution < -0.4 is 0 Å². The van der Waals surface area contributed by atoms with Crippen molar-refractivity contribution in [2.75, 3.05) is 14.2 Å². The third-order valence-electron chi connectivity index (χ3n) is 0.909. The van der Waals surface area contributed by atoms with Crippen molar-refractivity contribution in [2.45, 2.75) is 26.6 Å². The van der Waals surface area contributed by atoms with Crippen LogP contribution in [0.25, 0.3) is 0 Å². The summed E-state index contributed by atoms with van der Waals surface area (Å²) in [4.78, 5) is 9.59. The van der Waals surface area contributed by atoms with E-state index in [4.69, 9.17) is 5.11 Å². The summed E-state index contributed by atoms with van der Waals surface area (Å²) in [6.45, 7) is 3.22. The third-order valence-corrected chi connectivity index (χ3v) is 0.909. The van der Waals surface area contributed by atoms with Gasteiger partial charge in [0.05, 0.1) is 7.11 Å². The van der Waals surface area contributed by atoms with Gasteiger partial charge in [0.25, 0.3) is 0 Å². The van der Waals surface area contributed by atoms with Crippen LogP contribution in [0.2, 0.25) is 0 Å². The van der Waals surface area contributed by atoms with E-state index in [1.165, 1.54) is 21.1 Å². The maximum atomic E-state index is 9.59. The molecule has 4 nitrogen and oxygen atoms in total. The van der Waals surface area contributed by atoms with Gasteiger partial charge in [-0.2, -0.15) is 0 Å². The number of rotatable bonds is 2. The lowest BCUT2D eigenvalue weighted by Gasteiger charge is -2.00. The van der Waals surface area contributed by atoms with Gasteiger partial charge in [-0.3, -0.25) is 4.79 Å². The lowest BCUT2D eigenvalue weighted by Crippen LogP contribution is -2.05. The normalized spacial score (nSPS) is 11.0. The van der Waals surface area contributed by atoms with Crippen LogP contribution in [0.1, 0.15) is 20.3 Å². The van der Waals surface area contributed by atoms with E-state index in [1.54, 1.807) is 0 Å². The quantitative estimate of drug-likeness (QED) is 0.478. The number of aliphatic hydroxyl groups excluding tert-OH is 1. The molecule has 0 aromatic heterocycles. The molecule has 0 spiro atoms. The molecule has 0 heterocycles. The highest BCUT2D eigenvalue weighted by Crippen LogP contribution is 1.85. The summed E-state index contributed by atoms with van der Waals surface area (Å²) >= 11 is 0. The second kappa shape index (κ2) is 9.39. The molecule has 0 bridgehead atoms. The summed E-state index contributed by atoms with van der Waals surface area (Å²) in [5, 5.41) is 8.44. The maximum Gasteiger partial charge on any atom is 0.302 e. The molecule has 0 aliphatic rings. The Morgan fingerprint density at radius 1 is 1.55 bits per heavy atom. The first-order chi connectivity index (χ1) is 5.08. The minimum absolute atomic E-state index is 0.245. The first-order valence-electron chi connectivity index (χ1n) is 3.33. The van der Waals surface area contributed by atoms with Crippen molar-refractivity contribution in [1.29, 1.82) is 0 Å². The first kappa shape index (κ1) is 13.0. The van der Waals surface area contributed by atoms with Crippen LogP contribution >= 0.6 is 0 Å². The molecule has 11 heavy (non-hydrogen) atoms. The van der Waals surface area contributed by atoms with Crippen LogP contribution in [0.4, 0.5) is 0 Å². The molecule has 0 aliphatic heterocycles. The van der Waals surface area contributed by atoms with E-state index in [-0.39, 0.29) is 5.97 Å². The Morgan fingerprint density at radius 2 is 1.91 bits per heavy atom. The van der Waals surface area contributed by atoms with E-state index >= 15 is 0 Å². The highest BCUT2D eigenvalue weighted by molar-refractivity contribution is 5.65. The van der Waals surface area contributed by atoms with Gasteiger partial charge in [0, 0.05) is 14.0 Å². The van der Waals surface area contributed by atoms with Gasteiger partial charge in [0.1, 0.15) is 0 Å². The smallest absolute Gasteiger partial charge is 0.302 e. The van der Waals surface area contributed by atoms with E-state index in [1.807, 2.05) is 6.92 Å². The van der Waals surface area contributed by atoms with Crippen LogP contribution in [0.5, 0.6) is 0 Å². The van der Waals surface area contributed by atoms with E-state index in [0.29, 0.717) is 6.42 Å². The van der Waals surface area contributed by atoms with Crippen LogP contribution in [-0.2, 0) is 14.3 Å². The average molecular weight is 164 g/mol. The number of carbonyl (C=O) groups excluding carboxylic acids is 1. The van der Waals surface area contributed by atoms with E-state index in [0.717, 1.165) is 0 Å². The monoisotopic (exact) mass is 164 g/mol. The minimum Gasteiger partial charge on any atom is -0.469 e. The SMILES string of the molecule is CCC(O)OC.COC(C)=O. The number of esters is 1. The lowest BCUT2D eigenvalue weighted by atomic mass is 10.5. The topological polar surface area (TPSA) is 55.8 Å². The molecule has 0 fully saturated rings. The fourth-order valence-corrected chi connectivity index (χ4v) is 0.167. The number of methoxy groups -OCH3 is 2. The molecule has 0 amide bonds. The molecule has 0 aromatic carbocycles. The van der Waals surface area contributed by atoms with Crippen molar-refractivity contribution in [2.24, 2.45) is 0 Å². The summed E-state index contributed by atoms with van der Waals surface area (Å²) in [6, 6.07) is 0. The molecular weight excluding hydrogens is 148 g/mol. The highest BCUT2D eigenvalue weighted by atomic mass is 16.6. The molecule has 0 rings (SSSR count). The number of aliphatic hydroxyl groups is 1. The fraction of sp³-hybridized carbons (Fsp3) is 0.857. The molecule has 0 aromatic rings. The van der Waals surface area contributed by atoms with E-state index < -0.39 is 6.29 Å². The Balaban J connectivity index is 0. The third kappa shape index (κ3) is 17.7. The van der Waals surface area contributed by atoms with Crippen molar-refractivity contribution in [1.82, 2.24) is 0 Å². The lowest BCUT2D eigenvalue weighted by molar-refractivity contribution is -0.137. The minimum atomic E-state index is -0.565. The molecule has 68 valence electrons. The van der Waals surface area contributed by atoms with Gasteiger partial charge in [0.2, 0.25) is 0 Å². The van der Waals surface area contributed by atoms with Crippen molar-refractivity contribution in [3.8, 4) is 0 Å². The van der Waals surface area contributed by atoms with Crippen LogP contribution in [0.3, 0.4) is 0 Å². The van der Waals surface area contributed by atoms with Crippen molar-refractivity contribution >= 4 is 5.97 Å². The summed E-state index contributed by atoms with van der Waals surface area (Å²) in [6.07, 6.45) is 0.0984. The Morgan fingerprint density at radius 3 is 1.91 bits per heavy atom. The Hall–Kier alpha value is -0.610. The van der Waals surface area contributed by atoms with E-state index in [2.05, 4.69) is 9.47 Å². The molecule has 0 saturated carbocycles. The molecule has 4 heteroatoms. The van der Waals surface area contributed by atoms with Crippen LogP contribution in [0, 0.1) is 0 Å². The first-order valence-corrected chi connectivity index (χ1v) is 3.33. The molecular formula is C7H16O4. The molecule has 0 saturated heterocycles. The number of hydrogen-bond acceptors (Lipinski definition) is 4. The summed E-state index contributed by atoms with van der Waals surface area (Å²) in [7, 11) is 2.83. The molecule has 0 radical (unpaired) electrons. The van der Waals surface area contributed by atoms with Gasteiger partial charge in [-0.05, 0) is 6.42 Å². The predicted octanol–water partition coefficient (Wildman–Crippen LogP) is 0.540. The van der Waals surface area contributed by atoms with Crippen molar-refractivity contribution in [3.05, 3.63) is 0 Å². The zero-order chi connectivity index (χ0) is 9.28. The molecule has 1 atom stereocenters. The summed E-state index contributed by atoms with van der Waals surface area (Å²) in [5.74, 6) is -0.245. The molecule has 0 aliphatic carbocycles. The Labute approximate surface area is 67.1 Å². The summed E-state index contributed by atoms with van der Waals surface area (Å²) < 4.78 is 8.57. The van der Waals surface area contributed by atoms with Gasteiger partial charge in [-0.15, -0.1) is 0 Å². The highest BCUT2D eigenvalue weighted by Gasteiger charge is 1.90. The van der Waals surface area contributed by atoms with Gasteiger partial charge in [-0.25, -0.2) is 0 Å². The van der Waals surface area contributed by atoms with Crippen molar-refractivity contribution in [3.63, 3.8) is 0 Å². The predicted molar refractivity (Wildman–Crippen MR) is 41.0 cm³/mol. The Bertz CT molecular complexity index is 88.4. The summed E-state index contributed by atoms with van der Waals surface area (Å²) in [5.41, 5.74) is 0. The van der Waals surface area contributed by atoms with E-state index in [9.17, 15) is 4.79 Å². The zero-order valence-corrected chi connectivity index (χ0v) is 7.46. The average Bonchev–Trinajstić information content (AvgIpc) is 2.04. The number of carbonyl (C=O) groups is 1.